The topological polar surface area (TPSA) is 123 Å². The summed E-state index contributed by atoms with van der Waals surface area (Å²) in [6.45, 7) is 2.23. The van der Waals surface area contributed by atoms with Gasteiger partial charge in [-0.1, -0.05) is 6.92 Å². The zero-order chi connectivity index (χ0) is 15.6. The van der Waals surface area contributed by atoms with Gasteiger partial charge in [-0.2, -0.15) is 0 Å². The Balaban J connectivity index is 2.20. The van der Waals surface area contributed by atoms with Crippen molar-refractivity contribution in [2.24, 2.45) is 5.73 Å². The number of rotatable bonds is 4. The van der Waals surface area contributed by atoms with Gasteiger partial charge in [-0.25, -0.2) is 4.79 Å². The number of nitrogens with two attached hydrogens (primary N) is 1. The second kappa shape index (κ2) is 5.96. The molecule has 0 radical (unpaired) electrons. The van der Waals surface area contributed by atoms with Gasteiger partial charge in [0.1, 0.15) is 11.3 Å². The lowest BCUT2D eigenvalue weighted by Gasteiger charge is -2.30. The van der Waals surface area contributed by atoms with Gasteiger partial charge in [0.25, 0.3) is 5.91 Å². The number of carboxylic acid groups (broad SMARTS) is 1. The molecule has 2 rings (SSSR count). The van der Waals surface area contributed by atoms with Crippen molar-refractivity contribution in [2.75, 3.05) is 19.7 Å². The third kappa shape index (κ3) is 3.05. The van der Waals surface area contributed by atoms with Crippen molar-refractivity contribution in [3.63, 3.8) is 0 Å². The lowest BCUT2D eigenvalue weighted by Crippen LogP contribution is -2.50. The average Bonchev–Trinajstić information content (AvgIpc) is 2.91. The molecule has 0 aliphatic carbocycles. The summed E-state index contributed by atoms with van der Waals surface area (Å²) >= 11 is 0. The first-order valence-corrected chi connectivity index (χ1v) is 6.50. The Morgan fingerprint density at radius 2 is 2.19 bits per heavy atom. The van der Waals surface area contributed by atoms with Crippen LogP contribution in [-0.2, 0) is 16.0 Å². The Kier molecular flexibility index (Phi) is 4.27. The van der Waals surface area contributed by atoms with Crippen molar-refractivity contribution in [2.45, 2.75) is 19.4 Å². The Hall–Kier alpha value is -2.35. The Bertz CT molecular complexity index is 579. The van der Waals surface area contributed by atoms with Crippen molar-refractivity contribution in [1.82, 2.24) is 4.90 Å². The number of ether oxygens (including phenoxy) is 1. The van der Waals surface area contributed by atoms with Gasteiger partial charge in [-0.15, -0.1) is 0 Å². The minimum absolute atomic E-state index is 0.0265. The average molecular weight is 296 g/mol. The molecule has 0 bridgehead atoms. The molecule has 1 aliphatic heterocycles. The smallest absolute Gasteiger partial charge is 0.339 e. The summed E-state index contributed by atoms with van der Waals surface area (Å²) in [6.07, 6.45) is -0.496. The number of amides is 2. The van der Waals surface area contributed by atoms with Gasteiger partial charge >= 0.3 is 5.97 Å². The molecule has 1 aliphatic rings. The van der Waals surface area contributed by atoms with Gasteiger partial charge in [0.05, 0.1) is 13.2 Å². The molecule has 0 saturated carbocycles. The molecule has 8 nitrogen and oxygen atoms in total. The lowest BCUT2D eigenvalue weighted by atomic mass is 10.2. The number of primary amides is 1. The quantitative estimate of drug-likeness (QED) is 0.797. The van der Waals surface area contributed by atoms with Gasteiger partial charge < -0.3 is 24.9 Å². The molecule has 2 heterocycles. The minimum Gasteiger partial charge on any atom is -0.478 e. The highest BCUT2D eigenvalue weighted by molar-refractivity contribution is 5.96. The van der Waals surface area contributed by atoms with E-state index < -0.39 is 23.9 Å². The highest BCUT2D eigenvalue weighted by atomic mass is 16.5. The number of hydrogen-bond donors (Lipinski definition) is 2. The molecule has 1 saturated heterocycles. The maximum Gasteiger partial charge on any atom is 0.339 e. The number of hydrogen-bond acceptors (Lipinski definition) is 5. The molecule has 3 N–H and O–H groups in total. The molecule has 1 aromatic rings. The summed E-state index contributed by atoms with van der Waals surface area (Å²) in [6, 6.07) is 1.21. The second-order valence-corrected chi connectivity index (χ2v) is 4.62. The van der Waals surface area contributed by atoms with E-state index in [1.807, 2.05) is 0 Å². The van der Waals surface area contributed by atoms with E-state index in [1.54, 1.807) is 6.92 Å². The van der Waals surface area contributed by atoms with E-state index in [-0.39, 0.29) is 36.8 Å². The number of aryl methyl sites for hydroxylation is 1. The number of carbonyl (C=O) groups is 3. The fourth-order valence-corrected chi connectivity index (χ4v) is 2.14. The lowest BCUT2D eigenvalue weighted by molar-refractivity contribution is -0.133. The molecule has 2 amide bonds. The third-order valence-electron chi connectivity index (χ3n) is 3.24. The SMILES string of the molecule is CCc1oc(C(=O)N2CCOC(C(N)=O)C2)cc1C(=O)O. The van der Waals surface area contributed by atoms with Crippen LogP contribution >= 0.6 is 0 Å². The van der Waals surface area contributed by atoms with Crippen LogP contribution in [0.1, 0.15) is 33.6 Å². The molecule has 0 spiro atoms. The Morgan fingerprint density at radius 3 is 2.71 bits per heavy atom. The van der Waals surface area contributed by atoms with Crippen LogP contribution in [0.25, 0.3) is 0 Å². The van der Waals surface area contributed by atoms with Gasteiger partial charge in [0.2, 0.25) is 5.91 Å². The van der Waals surface area contributed by atoms with Crippen molar-refractivity contribution in [1.29, 1.82) is 0 Å². The van der Waals surface area contributed by atoms with Crippen LogP contribution in [0.2, 0.25) is 0 Å². The number of nitrogens with zero attached hydrogens (tertiary/aromatic N) is 1. The van der Waals surface area contributed by atoms with Crippen molar-refractivity contribution < 1.29 is 28.6 Å². The fourth-order valence-electron chi connectivity index (χ4n) is 2.14. The predicted octanol–water partition coefficient (Wildman–Crippen LogP) is -0.133. The molecule has 8 heteroatoms. The molecular formula is C13H16N2O6. The number of aromatic carboxylic acids is 1. The van der Waals surface area contributed by atoms with E-state index in [9.17, 15) is 14.4 Å². The Morgan fingerprint density at radius 1 is 1.48 bits per heavy atom. The number of carboxylic acids is 1. The van der Waals surface area contributed by atoms with Gasteiger partial charge in [-0.05, 0) is 0 Å². The van der Waals surface area contributed by atoms with Crippen molar-refractivity contribution >= 4 is 17.8 Å². The third-order valence-corrected chi connectivity index (χ3v) is 3.24. The van der Waals surface area contributed by atoms with E-state index in [4.69, 9.17) is 20.0 Å². The highest BCUT2D eigenvalue weighted by Crippen LogP contribution is 2.19. The van der Waals surface area contributed by atoms with Gasteiger partial charge in [0.15, 0.2) is 11.9 Å². The first-order chi connectivity index (χ1) is 9.93. The van der Waals surface area contributed by atoms with Crippen LogP contribution in [0.15, 0.2) is 10.5 Å². The van der Waals surface area contributed by atoms with Crippen LogP contribution in [0.5, 0.6) is 0 Å². The summed E-state index contributed by atoms with van der Waals surface area (Å²) in [7, 11) is 0. The van der Waals surface area contributed by atoms with E-state index in [0.29, 0.717) is 6.42 Å². The van der Waals surface area contributed by atoms with E-state index in [0.717, 1.165) is 0 Å². The summed E-state index contributed by atoms with van der Waals surface area (Å²) in [5, 5.41) is 9.05. The van der Waals surface area contributed by atoms with Crippen molar-refractivity contribution in [3.8, 4) is 0 Å². The molecule has 0 aromatic carbocycles. The fraction of sp³-hybridized carbons (Fsp3) is 0.462. The zero-order valence-corrected chi connectivity index (χ0v) is 11.5. The maximum atomic E-state index is 12.3. The largest absolute Gasteiger partial charge is 0.478 e. The number of carbonyl (C=O) groups excluding carboxylic acids is 2. The molecule has 1 aromatic heterocycles. The molecule has 21 heavy (non-hydrogen) atoms. The van der Waals surface area contributed by atoms with E-state index in [2.05, 4.69) is 0 Å². The van der Waals surface area contributed by atoms with Gasteiger partial charge in [-0.3, -0.25) is 9.59 Å². The van der Waals surface area contributed by atoms with Gasteiger partial charge in [0, 0.05) is 19.0 Å². The minimum atomic E-state index is -1.15. The van der Waals surface area contributed by atoms with Crippen molar-refractivity contribution in [3.05, 3.63) is 23.2 Å². The number of morpholine rings is 1. The van der Waals surface area contributed by atoms with Crippen LogP contribution in [0, 0.1) is 0 Å². The van der Waals surface area contributed by atoms with Crippen LogP contribution in [0.3, 0.4) is 0 Å². The van der Waals surface area contributed by atoms with E-state index in [1.165, 1.54) is 11.0 Å². The number of furan rings is 1. The summed E-state index contributed by atoms with van der Waals surface area (Å²) in [5.41, 5.74) is 5.13. The summed E-state index contributed by atoms with van der Waals surface area (Å²) in [4.78, 5) is 35.8. The summed E-state index contributed by atoms with van der Waals surface area (Å²) in [5.74, 6) is -2.09. The normalized spacial score (nSPS) is 18.5. The molecular weight excluding hydrogens is 280 g/mol. The maximum absolute atomic E-state index is 12.3. The monoisotopic (exact) mass is 296 g/mol. The standard InChI is InChI=1S/C13H16N2O6/c1-2-8-7(13(18)19)5-9(21-8)12(17)15-3-4-20-10(6-15)11(14)16/h5,10H,2-4,6H2,1H3,(H2,14,16)(H,18,19). The Labute approximate surface area is 120 Å². The zero-order valence-electron chi connectivity index (χ0n) is 11.5. The first kappa shape index (κ1) is 15.0. The highest BCUT2D eigenvalue weighted by Gasteiger charge is 2.30. The van der Waals surface area contributed by atoms with Crippen LogP contribution < -0.4 is 5.73 Å². The van der Waals surface area contributed by atoms with Crippen LogP contribution in [0.4, 0.5) is 0 Å². The molecule has 1 fully saturated rings. The van der Waals surface area contributed by atoms with Crippen LogP contribution in [-0.4, -0.2) is 53.6 Å². The predicted molar refractivity (Wildman–Crippen MR) is 69.9 cm³/mol. The van der Waals surface area contributed by atoms with E-state index >= 15 is 0 Å². The first-order valence-electron chi connectivity index (χ1n) is 6.50. The molecule has 114 valence electrons. The molecule has 1 unspecified atom stereocenters. The molecule has 1 atom stereocenters. The summed E-state index contributed by atoms with van der Waals surface area (Å²) < 4.78 is 10.5. The second-order valence-electron chi connectivity index (χ2n) is 4.62.